The van der Waals surface area contributed by atoms with Gasteiger partial charge >= 0.3 is 0 Å². The van der Waals surface area contributed by atoms with Crippen LogP contribution in [-0.4, -0.2) is 61.8 Å². The van der Waals surface area contributed by atoms with Crippen molar-refractivity contribution in [1.82, 2.24) is 29.7 Å². The van der Waals surface area contributed by atoms with Crippen LogP contribution in [0.2, 0.25) is 0 Å². The zero-order valence-electron chi connectivity index (χ0n) is 15.5. The predicted octanol–water partition coefficient (Wildman–Crippen LogP) is 1.89. The van der Waals surface area contributed by atoms with Gasteiger partial charge in [0.1, 0.15) is 5.82 Å². The molecule has 2 N–H and O–H groups in total. The fraction of sp³-hybridized carbons (Fsp3) is 0.632. The molecule has 2 aromatic rings. The second-order valence-corrected chi connectivity index (χ2v) is 7.93. The first-order valence-electron chi connectivity index (χ1n) is 9.60. The molecule has 4 heterocycles. The average Bonchev–Trinajstić information content (AvgIpc) is 3.30. The Morgan fingerprint density at radius 3 is 2.77 bits per heavy atom. The SMILES string of the molecule is Cc1cnc(CN2CCC3(CCC(=O)N(CCc4cnc[nH]4)C3)CC2)[nH]1. The van der Waals surface area contributed by atoms with Gasteiger partial charge in [-0.1, -0.05) is 0 Å². The van der Waals surface area contributed by atoms with Crippen molar-refractivity contribution in [2.75, 3.05) is 26.2 Å². The highest BCUT2D eigenvalue weighted by Gasteiger charge is 2.40. The number of amides is 1. The van der Waals surface area contributed by atoms with Crippen molar-refractivity contribution in [2.24, 2.45) is 5.41 Å². The molecule has 7 nitrogen and oxygen atoms in total. The van der Waals surface area contributed by atoms with Crippen LogP contribution in [0.15, 0.2) is 18.7 Å². The molecule has 2 aliphatic rings. The third-order valence-corrected chi connectivity index (χ3v) is 6.00. The van der Waals surface area contributed by atoms with Crippen LogP contribution in [-0.2, 0) is 17.8 Å². The molecule has 0 bridgehead atoms. The maximum atomic E-state index is 12.4. The second-order valence-electron chi connectivity index (χ2n) is 7.93. The minimum atomic E-state index is 0.303. The van der Waals surface area contributed by atoms with Gasteiger partial charge < -0.3 is 14.9 Å². The van der Waals surface area contributed by atoms with Gasteiger partial charge in [0.25, 0.3) is 0 Å². The molecular weight excluding hydrogens is 328 g/mol. The number of piperidine rings is 2. The Morgan fingerprint density at radius 2 is 2.08 bits per heavy atom. The number of aryl methyl sites for hydroxylation is 1. The molecule has 0 radical (unpaired) electrons. The molecule has 4 rings (SSSR count). The van der Waals surface area contributed by atoms with E-state index in [-0.39, 0.29) is 0 Å². The van der Waals surface area contributed by atoms with Crippen LogP contribution in [0, 0.1) is 12.3 Å². The Bertz CT molecular complexity index is 729. The van der Waals surface area contributed by atoms with Gasteiger partial charge in [-0.05, 0) is 44.7 Å². The van der Waals surface area contributed by atoms with E-state index in [0.717, 1.165) is 62.8 Å². The predicted molar refractivity (Wildman–Crippen MR) is 98.4 cm³/mol. The Hall–Kier alpha value is -2.15. The van der Waals surface area contributed by atoms with Gasteiger partial charge in [0, 0.05) is 49.7 Å². The lowest BCUT2D eigenvalue weighted by molar-refractivity contribution is -0.139. The number of rotatable bonds is 5. The Balaban J connectivity index is 1.31. The number of carbonyl (C=O) groups is 1. The lowest BCUT2D eigenvalue weighted by Gasteiger charge is -2.47. The average molecular weight is 356 g/mol. The van der Waals surface area contributed by atoms with Gasteiger partial charge in [-0.2, -0.15) is 0 Å². The van der Waals surface area contributed by atoms with E-state index >= 15 is 0 Å². The molecule has 140 valence electrons. The number of likely N-dealkylation sites (tertiary alicyclic amines) is 2. The standard InChI is InChI=1S/C19H28N6O/c1-15-10-21-17(23-15)12-24-8-5-19(6-9-24)4-2-18(26)25(13-19)7-3-16-11-20-14-22-16/h10-11,14H,2-9,12-13H2,1H3,(H,20,22)(H,21,23). The summed E-state index contributed by atoms with van der Waals surface area (Å²) in [4.78, 5) is 31.9. The smallest absolute Gasteiger partial charge is 0.222 e. The van der Waals surface area contributed by atoms with Gasteiger partial charge in [0.05, 0.1) is 12.9 Å². The van der Waals surface area contributed by atoms with Gasteiger partial charge in [-0.3, -0.25) is 9.69 Å². The summed E-state index contributed by atoms with van der Waals surface area (Å²) >= 11 is 0. The zero-order valence-corrected chi connectivity index (χ0v) is 15.5. The van der Waals surface area contributed by atoms with Crippen molar-refractivity contribution in [3.8, 4) is 0 Å². The van der Waals surface area contributed by atoms with Crippen molar-refractivity contribution in [1.29, 1.82) is 0 Å². The minimum Gasteiger partial charge on any atom is -0.348 e. The van der Waals surface area contributed by atoms with Crippen LogP contribution in [0.25, 0.3) is 0 Å². The fourth-order valence-corrected chi connectivity index (χ4v) is 4.34. The molecule has 0 atom stereocenters. The second kappa shape index (κ2) is 7.23. The number of hydrogen-bond acceptors (Lipinski definition) is 4. The first kappa shape index (κ1) is 17.3. The quantitative estimate of drug-likeness (QED) is 0.857. The summed E-state index contributed by atoms with van der Waals surface area (Å²) in [5, 5.41) is 0. The third-order valence-electron chi connectivity index (χ3n) is 6.00. The van der Waals surface area contributed by atoms with E-state index in [1.54, 1.807) is 6.33 Å². The van der Waals surface area contributed by atoms with Crippen LogP contribution in [0.5, 0.6) is 0 Å². The fourth-order valence-electron chi connectivity index (χ4n) is 4.34. The zero-order chi connectivity index (χ0) is 18.0. The maximum Gasteiger partial charge on any atom is 0.222 e. The molecule has 0 unspecified atom stereocenters. The topological polar surface area (TPSA) is 80.9 Å². The van der Waals surface area contributed by atoms with Gasteiger partial charge in [-0.15, -0.1) is 0 Å². The van der Waals surface area contributed by atoms with Crippen molar-refractivity contribution < 1.29 is 4.79 Å². The molecule has 2 saturated heterocycles. The summed E-state index contributed by atoms with van der Waals surface area (Å²) in [6, 6.07) is 0. The first-order chi connectivity index (χ1) is 12.6. The Labute approximate surface area is 154 Å². The number of hydrogen-bond donors (Lipinski definition) is 2. The number of aromatic nitrogens is 4. The van der Waals surface area contributed by atoms with Crippen LogP contribution < -0.4 is 0 Å². The van der Waals surface area contributed by atoms with Crippen molar-refractivity contribution in [2.45, 2.75) is 45.6 Å². The molecular formula is C19H28N6O. The van der Waals surface area contributed by atoms with Gasteiger partial charge in [0.15, 0.2) is 0 Å². The highest BCUT2D eigenvalue weighted by atomic mass is 16.2. The van der Waals surface area contributed by atoms with E-state index < -0.39 is 0 Å². The van der Waals surface area contributed by atoms with Crippen molar-refractivity contribution >= 4 is 5.91 Å². The first-order valence-corrected chi connectivity index (χ1v) is 9.60. The molecule has 2 fully saturated rings. The van der Waals surface area contributed by atoms with E-state index in [0.29, 0.717) is 17.7 Å². The highest BCUT2D eigenvalue weighted by molar-refractivity contribution is 5.77. The minimum absolute atomic E-state index is 0.303. The number of nitrogens with zero attached hydrogens (tertiary/aromatic N) is 4. The van der Waals surface area contributed by atoms with E-state index in [9.17, 15) is 4.79 Å². The van der Waals surface area contributed by atoms with Crippen LogP contribution in [0.3, 0.4) is 0 Å². The molecule has 26 heavy (non-hydrogen) atoms. The van der Waals surface area contributed by atoms with E-state index in [4.69, 9.17) is 0 Å². The molecule has 2 aromatic heterocycles. The molecule has 1 spiro atoms. The van der Waals surface area contributed by atoms with E-state index in [2.05, 4.69) is 29.7 Å². The molecule has 0 saturated carbocycles. The van der Waals surface area contributed by atoms with Crippen LogP contribution in [0.4, 0.5) is 0 Å². The normalized spacial score (nSPS) is 20.8. The van der Waals surface area contributed by atoms with Crippen LogP contribution >= 0.6 is 0 Å². The molecule has 0 aromatic carbocycles. The van der Waals surface area contributed by atoms with Gasteiger partial charge in [-0.25, -0.2) is 9.97 Å². The number of H-pyrrole nitrogens is 2. The summed E-state index contributed by atoms with van der Waals surface area (Å²) in [7, 11) is 0. The monoisotopic (exact) mass is 356 g/mol. The molecule has 0 aliphatic carbocycles. The summed E-state index contributed by atoms with van der Waals surface area (Å²) in [5.41, 5.74) is 2.52. The van der Waals surface area contributed by atoms with E-state index in [1.807, 2.05) is 19.3 Å². The lowest BCUT2D eigenvalue weighted by Crippen LogP contribution is -2.51. The number of nitrogens with one attached hydrogen (secondary N) is 2. The Morgan fingerprint density at radius 1 is 1.23 bits per heavy atom. The van der Waals surface area contributed by atoms with Crippen molar-refractivity contribution in [3.63, 3.8) is 0 Å². The third kappa shape index (κ3) is 3.82. The summed E-state index contributed by atoms with van der Waals surface area (Å²) in [6.45, 7) is 6.81. The van der Waals surface area contributed by atoms with Gasteiger partial charge in [0.2, 0.25) is 5.91 Å². The lowest BCUT2D eigenvalue weighted by atomic mass is 9.72. The van der Waals surface area contributed by atoms with Crippen molar-refractivity contribution in [3.05, 3.63) is 35.9 Å². The number of imidazole rings is 2. The van der Waals surface area contributed by atoms with Crippen LogP contribution in [0.1, 0.15) is 42.9 Å². The summed E-state index contributed by atoms with van der Waals surface area (Å²) in [6.07, 6.45) is 10.4. The molecule has 2 aliphatic heterocycles. The van der Waals surface area contributed by atoms with E-state index in [1.165, 1.54) is 12.8 Å². The highest BCUT2D eigenvalue weighted by Crippen LogP contribution is 2.40. The summed E-state index contributed by atoms with van der Waals surface area (Å²) in [5.74, 6) is 1.36. The number of aromatic amines is 2. The number of carbonyl (C=O) groups excluding carboxylic acids is 1. The largest absolute Gasteiger partial charge is 0.348 e. The maximum absolute atomic E-state index is 12.4. The molecule has 7 heteroatoms. The Kier molecular flexibility index (Phi) is 4.80. The summed E-state index contributed by atoms with van der Waals surface area (Å²) < 4.78 is 0. The molecule has 1 amide bonds.